The van der Waals surface area contributed by atoms with Crippen LogP contribution in [0.2, 0.25) is 0 Å². The van der Waals surface area contributed by atoms with Gasteiger partial charge in [0.25, 0.3) is 5.91 Å². The first kappa shape index (κ1) is 12.7. The topological polar surface area (TPSA) is 110 Å². The van der Waals surface area contributed by atoms with Crippen molar-refractivity contribution in [2.75, 3.05) is 0 Å². The van der Waals surface area contributed by atoms with E-state index in [1.165, 1.54) is 12.4 Å². The summed E-state index contributed by atoms with van der Waals surface area (Å²) >= 11 is 0. The summed E-state index contributed by atoms with van der Waals surface area (Å²) in [5, 5.41) is 14.0. The Kier molecular flexibility index (Phi) is 3.75. The van der Waals surface area contributed by atoms with Crippen molar-refractivity contribution in [3.8, 4) is 0 Å². The zero-order chi connectivity index (χ0) is 13.1. The largest absolute Gasteiger partial charge is 0.870 e. The molecule has 0 aromatic carbocycles. The maximum Gasteiger partial charge on any atom is 0.273 e. The highest BCUT2D eigenvalue weighted by atomic mass is 31.0. The molecule has 3 N–H and O–H groups in total. The summed E-state index contributed by atoms with van der Waals surface area (Å²) in [4.78, 5) is 24.8. The van der Waals surface area contributed by atoms with Gasteiger partial charge in [0.2, 0.25) is 0 Å². The quantitative estimate of drug-likeness (QED) is 0.457. The number of aromatic nitrogens is 4. The zero-order valence-corrected chi connectivity index (χ0v) is 11.4. The fraction of sp³-hybridized carbons (Fsp3) is 0. The van der Waals surface area contributed by atoms with Crippen LogP contribution in [0, 0.1) is 0 Å². The molecule has 2 rings (SSSR count). The maximum absolute atomic E-state index is 11.6. The van der Waals surface area contributed by atoms with E-state index in [2.05, 4.69) is 43.7 Å². The Morgan fingerprint density at radius 3 is 2.28 bits per heavy atom. The van der Waals surface area contributed by atoms with Gasteiger partial charge in [-0.1, -0.05) is 24.2 Å². The number of H-pyrrole nitrogens is 2. The van der Waals surface area contributed by atoms with Crippen molar-refractivity contribution in [2.24, 2.45) is 0 Å². The second kappa shape index (κ2) is 5.29. The summed E-state index contributed by atoms with van der Waals surface area (Å²) in [6.45, 7) is 0. The molecule has 0 aliphatic rings. The fourth-order valence-electron chi connectivity index (χ4n) is 1.20. The summed E-state index contributed by atoms with van der Waals surface area (Å²) in [5.41, 5.74) is 1.68. The van der Waals surface area contributed by atoms with Crippen LogP contribution in [0.4, 0.5) is 0 Å². The number of imidazole rings is 2. The van der Waals surface area contributed by atoms with Gasteiger partial charge < -0.3 is 20.4 Å². The predicted octanol–water partition coefficient (Wildman–Crippen LogP) is -1.78. The van der Waals surface area contributed by atoms with Crippen molar-refractivity contribution in [1.29, 1.82) is 0 Å². The number of hydrogen-bond donors (Lipinski definition) is 3. The number of hydrogen-bond acceptors (Lipinski definition) is 4. The number of rotatable bonds is 3. The highest BCUT2D eigenvalue weighted by molar-refractivity contribution is 7.26. The Bertz CT molecular complexity index is 604. The van der Waals surface area contributed by atoms with E-state index in [1.54, 1.807) is 0 Å². The molecule has 0 saturated heterocycles. The van der Waals surface area contributed by atoms with E-state index in [1.807, 2.05) is 0 Å². The van der Waals surface area contributed by atoms with E-state index in [-0.39, 0.29) is 11.5 Å². The highest BCUT2D eigenvalue weighted by Gasteiger charge is 2.05. The molecule has 0 saturated carbocycles. The lowest BCUT2D eigenvalue weighted by atomic mass is 10.4. The molecule has 2 unspecified atom stereocenters. The van der Waals surface area contributed by atoms with Crippen LogP contribution in [0.25, 0.3) is 5.76 Å². The fourth-order valence-corrected chi connectivity index (χ4v) is 1.66. The average molecular weight is 282 g/mol. The predicted molar refractivity (Wildman–Crippen MR) is 71.3 cm³/mol. The standard InChI is InChI=1S/C9H11N5O2P2/c15-6(4-1-11-8(17)13-4)3-10-7(16)5-2-12-9(18)14-5/h1-3,15H,17-18H2,(H,10,16)(H,11,13)(H,12,14)/p-1. The van der Waals surface area contributed by atoms with E-state index >= 15 is 0 Å². The van der Waals surface area contributed by atoms with Gasteiger partial charge in [0.05, 0.1) is 18.1 Å². The number of carbonyl (C=O) groups excluding carboxylic acids is 1. The normalized spacial score (nSPS) is 11.6. The van der Waals surface area contributed by atoms with Gasteiger partial charge in [-0.3, -0.25) is 4.79 Å². The third-order valence-electron chi connectivity index (χ3n) is 2.04. The van der Waals surface area contributed by atoms with Gasteiger partial charge in [0.15, 0.2) is 0 Å². The zero-order valence-electron chi connectivity index (χ0n) is 9.10. The number of nitrogens with one attached hydrogen (secondary N) is 3. The van der Waals surface area contributed by atoms with E-state index < -0.39 is 5.91 Å². The molecule has 2 atom stereocenters. The van der Waals surface area contributed by atoms with E-state index in [0.717, 1.165) is 6.20 Å². The van der Waals surface area contributed by atoms with E-state index in [9.17, 15) is 9.90 Å². The molecule has 0 bridgehead atoms. The highest BCUT2D eigenvalue weighted by Crippen LogP contribution is 2.01. The molecule has 7 nitrogen and oxygen atoms in total. The summed E-state index contributed by atoms with van der Waals surface area (Å²) in [6, 6.07) is 0. The van der Waals surface area contributed by atoms with Gasteiger partial charge >= 0.3 is 0 Å². The molecule has 2 aromatic heterocycles. The molecule has 2 aromatic rings. The molecular weight excluding hydrogens is 272 g/mol. The van der Waals surface area contributed by atoms with Crippen molar-refractivity contribution in [3.05, 3.63) is 30.0 Å². The van der Waals surface area contributed by atoms with Gasteiger partial charge in [0, 0.05) is 0 Å². The molecule has 94 valence electrons. The minimum atomic E-state index is -0.435. The Morgan fingerprint density at radius 2 is 1.78 bits per heavy atom. The van der Waals surface area contributed by atoms with Crippen LogP contribution in [0.3, 0.4) is 0 Å². The van der Waals surface area contributed by atoms with Gasteiger partial charge in [-0.2, -0.15) is 0 Å². The summed E-state index contributed by atoms with van der Waals surface area (Å²) in [6.07, 6.45) is 3.85. The maximum atomic E-state index is 11.6. The lowest BCUT2D eigenvalue weighted by molar-refractivity contribution is -0.244. The molecule has 0 fully saturated rings. The number of aromatic amines is 2. The minimum absolute atomic E-state index is 0.278. The summed E-state index contributed by atoms with van der Waals surface area (Å²) in [5.74, 6) is -0.801. The first-order valence-corrected chi connectivity index (χ1v) is 6.01. The van der Waals surface area contributed by atoms with Gasteiger partial charge in [-0.25, -0.2) is 9.97 Å². The van der Waals surface area contributed by atoms with E-state index in [0.29, 0.717) is 16.8 Å². The van der Waals surface area contributed by atoms with Crippen molar-refractivity contribution < 1.29 is 9.90 Å². The minimum Gasteiger partial charge on any atom is -0.870 e. The Hall–Kier alpha value is -1.71. The summed E-state index contributed by atoms with van der Waals surface area (Å²) < 4.78 is 0. The Labute approximate surface area is 107 Å². The van der Waals surface area contributed by atoms with Crippen molar-refractivity contribution in [2.45, 2.75) is 0 Å². The molecule has 0 aliphatic heterocycles. The van der Waals surface area contributed by atoms with E-state index in [4.69, 9.17) is 0 Å². The van der Waals surface area contributed by atoms with Gasteiger partial charge in [0.1, 0.15) is 16.8 Å². The van der Waals surface area contributed by atoms with Crippen LogP contribution >= 0.6 is 18.5 Å². The van der Waals surface area contributed by atoms with Crippen molar-refractivity contribution in [1.82, 2.24) is 25.3 Å². The van der Waals surface area contributed by atoms with Crippen LogP contribution < -0.4 is 21.6 Å². The molecule has 0 aliphatic carbocycles. The third-order valence-corrected chi connectivity index (χ3v) is 2.62. The van der Waals surface area contributed by atoms with Gasteiger partial charge in [-0.15, -0.1) is 0 Å². The van der Waals surface area contributed by atoms with Gasteiger partial charge in [-0.05, 0) is 6.20 Å². The van der Waals surface area contributed by atoms with Crippen molar-refractivity contribution >= 4 is 41.3 Å². The molecule has 0 spiro atoms. The first-order chi connectivity index (χ1) is 8.56. The molecule has 0 radical (unpaired) electrons. The van der Waals surface area contributed by atoms with Crippen LogP contribution in [0.15, 0.2) is 18.6 Å². The first-order valence-electron chi connectivity index (χ1n) is 4.85. The molecule has 2 heterocycles. The molecular formula is C9H10N5O2P2-. The van der Waals surface area contributed by atoms with Crippen LogP contribution in [-0.4, -0.2) is 25.8 Å². The lowest BCUT2D eigenvalue weighted by Crippen LogP contribution is -2.20. The van der Waals surface area contributed by atoms with Crippen LogP contribution in [-0.2, 0) is 0 Å². The SMILES string of the molecule is O=C(NC=C([O-])c1cnc(P)[nH]1)c1cnc(P)[nH]1. The lowest BCUT2D eigenvalue weighted by Gasteiger charge is -2.09. The monoisotopic (exact) mass is 282 g/mol. The van der Waals surface area contributed by atoms with Crippen LogP contribution in [0.5, 0.6) is 0 Å². The van der Waals surface area contributed by atoms with Crippen molar-refractivity contribution in [3.63, 3.8) is 0 Å². The number of amides is 1. The molecule has 18 heavy (non-hydrogen) atoms. The summed E-state index contributed by atoms with van der Waals surface area (Å²) in [7, 11) is 4.67. The smallest absolute Gasteiger partial charge is 0.273 e. The Balaban J connectivity index is 2.04. The third kappa shape index (κ3) is 2.94. The van der Waals surface area contributed by atoms with Crippen LogP contribution in [0.1, 0.15) is 16.2 Å². The molecule has 9 heteroatoms. The average Bonchev–Trinajstić information content (AvgIpc) is 2.94. The number of nitrogens with zero attached hydrogens (tertiary/aromatic N) is 2. The number of carbonyl (C=O) groups is 1. The Morgan fingerprint density at radius 1 is 1.22 bits per heavy atom. The second-order valence-corrected chi connectivity index (χ2v) is 4.44. The second-order valence-electron chi connectivity index (χ2n) is 3.35. The molecule has 1 amide bonds.